The first-order valence-electron chi connectivity index (χ1n) is 7.78. The van der Waals surface area contributed by atoms with Gasteiger partial charge in [-0.2, -0.15) is 5.10 Å². The van der Waals surface area contributed by atoms with Crippen LogP contribution in [0.5, 0.6) is 0 Å². The van der Waals surface area contributed by atoms with Crippen molar-refractivity contribution in [2.45, 2.75) is 32.2 Å². The highest BCUT2D eigenvalue weighted by Crippen LogP contribution is 2.21. The predicted molar refractivity (Wildman–Crippen MR) is 86.6 cm³/mol. The molecule has 4 heteroatoms. The molecular weight excluding hydrogens is 274 g/mol. The molecule has 1 amide bonds. The molecule has 1 heterocycles. The van der Waals surface area contributed by atoms with E-state index in [0.717, 1.165) is 24.1 Å². The van der Waals surface area contributed by atoms with Gasteiger partial charge in [0.2, 0.25) is 5.91 Å². The quantitative estimate of drug-likeness (QED) is 0.859. The van der Waals surface area contributed by atoms with Crippen LogP contribution in [0.4, 0.5) is 0 Å². The lowest BCUT2D eigenvalue weighted by Crippen LogP contribution is -2.27. The molecule has 0 radical (unpaired) electrons. The van der Waals surface area contributed by atoms with Crippen LogP contribution in [-0.2, 0) is 4.79 Å². The molecule has 0 saturated carbocycles. The van der Waals surface area contributed by atoms with Gasteiger partial charge >= 0.3 is 0 Å². The number of nitrogens with zero attached hydrogens (tertiary/aromatic N) is 2. The SMILES string of the molecule is C[C@@H](NC(=O)C[C@H]1C=CCC1)c1ccc(-n2cccn2)cc1. The topological polar surface area (TPSA) is 46.9 Å². The number of allylic oxidation sites excluding steroid dienone is 2. The first-order chi connectivity index (χ1) is 10.7. The van der Waals surface area contributed by atoms with Gasteiger partial charge in [-0.05, 0) is 49.4 Å². The predicted octanol–water partition coefficient (Wildman–Crippen LogP) is 3.41. The second-order valence-corrected chi connectivity index (χ2v) is 5.80. The first-order valence-corrected chi connectivity index (χ1v) is 7.78. The number of aromatic nitrogens is 2. The third kappa shape index (κ3) is 3.45. The minimum atomic E-state index is 0.0181. The van der Waals surface area contributed by atoms with Gasteiger partial charge in [0.25, 0.3) is 0 Å². The summed E-state index contributed by atoms with van der Waals surface area (Å²) in [6.45, 7) is 2.02. The van der Waals surface area contributed by atoms with Gasteiger partial charge in [-0.15, -0.1) is 0 Å². The largest absolute Gasteiger partial charge is 0.350 e. The van der Waals surface area contributed by atoms with Crippen LogP contribution in [0.3, 0.4) is 0 Å². The Kier molecular flexibility index (Phi) is 4.37. The lowest BCUT2D eigenvalue weighted by Gasteiger charge is -2.16. The zero-order valence-corrected chi connectivity index (χ0v) is 12.8. The average Bonchev–Trinajstić information content (AvgIpc) is 3.20. The molecule has 0 saturated heterocycles. The van der Waals surface area contributed by atoms with Gasteiger partial charge in [0.15, 0.2) is 0 Å². The average molecular weight is 295 g/mol. The van der Waals surface area contributed by atoms with Crippen molar-refractivity contribution < 1.29 is 4.79 Å². The maximum Gasteiger partial charge on any atom is 0.221 e. The van der Waals surface area contributed by atoms with E-state index in [2.05, 4.69) is 22.6 Å². The molecule has 22 heavy (non-hydrogen) atoms. The molecule has 4 nitrogen and oxygen atoms in total. The van der Waals surface area contributed by atoms with E-state index >= 15 is 0 Å². The van der Waals surface area contributed by atoms with Crippen molar-refractivity contribution in [1.29, 1.82) is 0 Å². The fraction of sp³-hybridized carbons (Fsp3) is 0.333. The molecule has 1 aliphatic rings. The van der Waals surface area contributed by atoms with E-state index < -0.39 is 0 Å². The summed E-state index contributed by atoms with van der Waals surface area (Å²) in [4.78, 5) is 12.1. The monoisotopic (exact) mass is 295 g/mol. The fourth-order valence-corrected chi connectivity index (χ4v) is 2.82. The molecule has 1 N–H and O–H groups in total. The van der Waals surface area contributed by atoms with Crippen molar-refractivity contribution in [3.63, 3.8) is 0 Å². The number of carbonyl (C=O) groups excluding carboxylic acids is 1. The van der Waals surface area contributed by atoms with Crippen LogP contribution >= 0.6 is 0 Å². The maximum atomic E-state index is 12.1. The lowest BCUT2D eigenvalue weighted by molar-refractivity contribution is -0.122. The first kappa shape index (κ1) is 14.6. The smallest absolute Gasteiger partial charge is 0.221 e. The highest BCUT2D eigenvalue weighted by Gasteiger charge is 2.16. The third-order valence-corrected chi connectivity index (χ3v) is 4.10. The Morgan fingerprint density at radius 1 is 1.41 bits per heavy atom. The Balaban J connectivity index is 1.58. The summed E-state index contributed by atoms with van der Waals surface area (Å²) in [5, 5.41) is 7.29. The summed E-state index contributed by atoms with van der Waals surface area (Å²) in [6, 6.07) is 10.0. The second kappa shape index (κ2) is 6.60. The molecule has 0 spiro atoms. The van der Waals surface area contributed by atoms with Crippen LogP contribution in [0.2, 0.25) is 0 Å². The Bertz CT molecular complexity index is 643. The summed E-state index contributed by atoms with van der Waals surface area (Å²) in [6.07, 6.45) is 10.8. The van der Waals surface area contributed by atoms with Gasteiger partial charge in [-0.1, -0.05) is 24.3 Å². The molecule has 1 aliphatic carbocycles. The van der Waals surface area contributed by atoms with Crippen molar-refractivity contribution in [2.75, 3.05) is 0 Å². The number of hydrogen-bond donors (Lipinski definition) is 1. The fourth-order valence-electron chi connectivity index (χ4n) is 2.82. The number of hydrogen-bond acceptors (Lipinski definition) is 2. The zero-order valence-electron chi connectivity index (χ0n) is 12.8. The number of amides is 1. The van der Waals surface area contributed by atoms with Crippen molar-refractivity contribution in [3.8, 4) is 5.69 Å². The summed E-state index contributed by atoms with van der Waals surface area (Å²) in [5.41, 5.74) is 2.12. The molecular formula is C18H21N3O. The summed E-state index contributed by atoms with van der Waals surface area (Å²) in [5.74, 6) is 0.537. The van der Waals surface area contributed by atoms with Crippen molar-refractivity contribution in [3.05, 3.63) is 60.4 Å². The van der Waals surface area contributed by atoms with E-state index in [-0.39, 0.29) is 11.9 Å². The Morgan fingerprint density at radius 3 is 2.86 bits per heavy atom. The maximum absolute atomic E-state index is 12.1. The number of carbonyl (C=O) groups is 1. The Labute approximate surface area is 130 Å². The zero-order chi connectivity index (χ0) is 15.4. The van der Waals surface area contributed by atoms with Crippen molar-refractivity contribution in [2.24, 2.45) is 5.92 Å². The lowest BCUT2D eigenvalue weighted by atomic mass is 10.0. The molecule has 114 valence electrons. The van der Waals surface area contributed by atoms with E-state index in [9.17, 15) is 4.79 Å². The van der Waals surface area contributed by atoms with E-state index in [1.165, 1.54) is 0 Å². The summed E-state index contributed by atoms with van der Waals surface area (Å²) in [7, 11) is 0. The van der Waals surface area contributed by atoms with Gasteiger partial charge in [0, 0.05) is 18.8 Å². The van der Waals surface area contributed by atoms with Gasteiger partial charge in [0.05, 0.1) is 11.7 Å². The van der Waals surface area contributed by atoms with Crippen LogP contribution in [-0.4, -0.2) is 15.7 Å². The highest BCUT2D eigenvalue weighted by atomic mass is 16.1. The molecule has 0 aliphatic heterocycles. The van der Waals surface area contributed by atoms with Gasteiger partial charge in [-0.25, -0.2) is 4.68 Å². The van der Waals surface area contributed by atoms with Gasteiger partial charge < -0.3 is 5.32 Å². The number of rotatable bonds is 5. The van der Waals surface area contributed by atoms with E-state index in [0.29, 0.717) is 12.3 Å². The van der Waals surface area contributed by atoms with Crippen LogP contribution < -0.4 is 5.32 Å². The second-order valence-electron chi connectivity index (χ2n) is 5.80. The molecule has 3 rings (SSSR count). The van der Waals surface area contributed by atoms with Crippen molar-refractivity contribution in [1.82, 2.24) is 15.1 Å². The summed E-state index contributed by atoms with van der Waals surface area (Å²) < 4.78 is 1.82. The van der Waals surface area contributed by atoms with Gasteiger partial charge in [-0.3, -0.25) is 4.79 Å². The molecule has 2 atom stereocenters. The van der Waals surface area contributed by atoms with Crippen molar-refractivity contribution >= 4 is 5.91 Å². The van der Waals surface area contributed by atoms with E-state index in [4.69, 9.17) is 0 Å². The number of benzene rings is 1. The molecule has 0 unspecified atom stereocenters. The normalized spacial score (nSPS) is 18.3. The minimum Gasteiger partial charge on any atom is -0.350 e. The Morgan fingerprint density at radius 2 is 2.23 bits per heavy atom. The standard InChI is InChI=1S/C18H21N3O/c1-14(20-18(22)13-15-5-2-3-6-15)16-7-9-17(10-8-16)21-12-4-11-19-21/h2,4-5,7-12,14-15H,3,6,13H2,1H3,(H,20,22)/t14-,15+/m1/s1. The molecule has 0 bridgehead atoms. The van der Waals surface area contributed by atoms with E-state index in [1.54, 1.807) is 6.20 Å². The molecule has 0 fully saturated rings. The summed E-state index contributed by atoms with van der Waals surface area (Å²) >= 11 is 0. The van der Waals surface area contributed by atoms with Crippen LogP contribution in [0, 0.1) is 5.92 Å². The van der Waals surface area contributed by atoms with Crippen LogP contribution in [0.15, 0.2) is 54.9 Å². The third-order valence-electron chi connectivity index (χ3n) is 4.10. The Hall–Kier alpha value is -2.36. The highest BCUT2D eigenvalue weighted by molar-refractivity contribution is 5.77. The molecule has 1 aromatic heterocycles. The van der Waals surface area contributed by atoms with Crippen LogP contribution in [0.1, 0.15) is 37.8 Å². The van der Waals surface area contributed by atoms with E-state index in [1.807, 2.05) is 48.1 Å². The molecule has 1 aromatic carbocycles. The number of nitrogens with one attached hydrogen (secondary N) is 1. The minimum absolute atomic E-state index is 0.0181. The van der Waals surface area contributed by atoms with Crippen LogP contribution in [0.25, 0.3) is 5.69 Å². The molecule has 2 aromatic rings. The van der Waals surface area contributed by atoms with Gasteiger partial charge in [0.1, 0.15) is 0 Å².